The van der Waals surface area contributed by atoms with Gasteiger partial charge in [0.05, 0.1) is 9.92 Å². The Morgan fingerprint density at radius 3 is 2.46 bits per heavy atom. The lowest BCUT2D eigenvalue weighted by Gasteiger charge is -2.34. The number of halogens is 3. The van der Waals surface area contributed by atoms with E-state index >= 15 is 0 Å². The van der Waals surface area contributed by atoms with Crippen molar-refractivity contribution in [3.05, 3.63) is 62.2 Å². The van der Waals surface area contributed by atoms with Crippen LogP contribution >= 0.6 is 27.5 Å². The normalized spacial score (nSPS) is 15.6. The second-order valence-electron chi connectivity index (χ2n) is 6.17. The van der Waals surface area contributed by atoms with E-state index in [1.807, 2.05) is 0 Å². The van der Waals surface area contributed by atoms with Gasteiger partial charge in [-0.05, 0) is 40.2 Å². The van der Waals surface area contributed by atoms with Gasteiger partial charge in [-0.1, -0.05) is 11.6 Å². The SMILES string of the molecule is O=C(Cn1cc(Br)ccc1=O)N1CCN(S(=O)(=O)c2ccc(F)c(Cl)c2)CC1. The van der Waals surface area contributed by atoms with Gasteiger partial charge in [-0.3, -0.25) is 9.59 Å². The first-order valence-corrected chi connectivity index (χ1v) is 10.9. The summed E-state index contributed by atoms with van der Waals surface area (Å²) in [5.74, 6) is -0.971. The van der Waals surface area contributed by atoms with Crippen molar-refractivity contribution >= 4 is 43.5 Å². The number of nitrogens with zero attached hydrogens (tertiary/aromatic N) is 3. The summed E-state index contributed by atoms with van der Waals surface area (Å²) in [5.41, 5.74) is -0.300. The molecule has 1 saturated heterocycles. The Bertz CT molecular complexity index is 1070. The van der Waals surface area contributed by atoms with Gasteiger partial charge < -0.3 is 9.47 Å². The topological polar surface area (TPSA) is 79.7 Å². The predicted molar refractivity (Wildman–Crippen MR) is 105 cm³/mol. The average Bonchev–Trinajstić information content (AvgIpc) is 2.67. The van der Waals surface area contributed by atoms with Crippen molar-refractivity contribution in [1.82, 2.24) is 13.8 Å². The van der Waals surface area contributed by atoms with Crippen LogP contribution in [0.15, 0.2) is 50.7 Å². The molecule has 0 spiro atoms. The molecule has 0 bridgehead atoms. The number of pyridine rings is 1. The number of piperazine rings is 1. The van der Waals surface area contributed by atoms with Crippen LogP contribution in [0.5, 0.6) is 0 Å². The average molecular weight is 493 g/mol. The van der Waals surface area contributed by atoms with E-state index in [-0.39, 0.29) is 54.1 Å². The molecule has 3 rings (SSSR count). The van der Waals surface area contributed by atoms with Gasteiger partial charge in [0, 0.05) is 42.9 Å². The maximum absolute atomic E-state index is 13.3. The molecule has 2 heterocycles. The molecule has 1 aromatic carbocycles. The molecular weight excluding hydrogens is 477 g/mol. The third-order valence-electron chi connectivity index (χ3n) is 4.37. The Balaban J connectivity index is 1.66. The molecule has 0 N–H and O–H groups in total. The summed E-state index contributed by atoms with van der Waals surface area (Å²) in [5, 5.41) is -0.269. The first-order chi connectivity index (χ1) is 13.2. The molecule has 2 aromatic rings. The molecule has 28 heavy (non-hydrogen) atoms. The van der Waals surface area contributed by atoms with Crippen LogP contribution in [0.1, 0.15) is 0 Å². The van der Waals surface area contributed by atoms with Crippen molar-refractivity contribution in [2.24, 2.45) is 0 Å². The van der Waals surface area contributed by atoms with Crippen molar-refractivity contribution in [3.63, 3.8) is 0 Å². The minimum atomic E-state index is -3.84. The highest BCUT2D eigenvalue weighted by molar-refractivity contribution is 9.10. The molecule has 1 aliphatic rings. The van der Waals surface area contributed by atoms with Gasteiger partial charge in [0.2, 0.25) is 15.9 Å². The molecule has 0 radical (unpaired) electrons. The summed E-state index contributed by atoms with van der Waals surface area (Å²) in [6, 6.07) is 6.19. The zero-order chi connectivity index (χ0) is 20.5. The summed E-state index contributed by atoms with van der Waals surface area (Å²) in [6.07, 6.45) is 1.53. The number of aromatic nitrogens is 1. The molecule has 0 unspecified atom stereocenters. The molecule has 0 aliphatic carbocycles. The van der Waals surface area contributed by atoms with Gasteiger partial charge >= 0.3 is 0 Å². The predicted octanol–water partition coefficient (Wildman–Crippen LogP) is 1.94. The van der Waals surface area contributed by atoms with Gasteiger partial charge in [-0.25, -0.2) is 12.8 Å². The van der Waals surface area contributed by atoms with Crippen molar-refractivity contribution in [1.29, 1.82) is 0 Å². The number of carbonyl (C=O) groups is 1. The second-order valence-corrected chi connectivity index (χ2v) is 9.44. The van der Waals surface area contributed by atoms with Gasteiger partial charge in [0.1, 0.15) is 12.4 Å². The van der Waals surface area contributed by atoms with Crippen LogP contribution in [-0.2, 0) is 21.4 Å². The van der Waals surface area contributed by atoms with Crippen LogP contribution in [0.2, 0.25) is 5.02 Å². The number of sulfonamides is 1. The Labute approximate surface area is 174 Å². The number of rotatable bonds is 4. The second kappa shape index (κ2) is 8.32. The Morgan fingerprint density at radius 2 is 1.82 bits per heavy atom. The quantitative estimate of drug-likeness (QED) is 0.653. The number of carbonyl (C=O) groups excluding carboxylic acids is 1. The molecule has 0 atom stereocenters. The maximum atomic E-state index is 13.3. The van der Waals surface area contributed by atoms with Crippen LogP contribution in [0.25, 0.3) is 0 Å². The Kier molecular flexibility index (Phi) is 6.23. The summed E-state index contributed by atoms with van der Waals surface area (Å²) in [4.78, 5) is 25.7. The summed E-state index contributed by atoms with van der Waals surface area (Å²) >= 11 is 8.94. The van der Waals surface area contributed by atoms with E-state index < -0.39 is 15.8 Å². The van der Waals surface area contributed by atoms with E-state index in [0.29, 0.717) is 4.47 Å². The Morgan fingerprint density at radius 1 is 1.14 bits per heavy atom. The fourth-order valence-corrected chi connectivity index (χ4v) is 4.91. The lowest BCUT2D eigenvalue weighted by atomic mass is 10.3. The van der Waals surface area contributed by atoms with Crippen LogP contribution in [0, 0.1) is 5.82 Å². The largest absolute Gasteiger partial charge is 0.339 e. The van der Waals surface area contributed by atoms with Crippen LogP contribution in [0.4, 0.5) is 4.39 Å². The summed E-state index contributed by atoms with van der Waals surface area (Å²) in [7, 11) is -3.84. The maximum Gasteiger partial charge on any atom is 0.251 e. The van der Waals surface area contributed by atoms with E-state index in [2.05, 4.69) is 15.9 Å². The molecule has 11 heteroatoms. The first-order valence-electron chi connectivity index (χ1n) is 8.27. The minimum Gasteiger partial charge on any atom is -0.339 e. The molecule has 7 nitrogen and oxygen atoms in total. The molecule has 0 saturated carbocycles. The fraction of sp³-hybridized carbons (Fsp3) is 0.294. The van der Waals surface area contributed by atoms with Gasteiger partial charge in [0.15, 0.2) is 0 Å². The third kappa shape index (κ3) is 4.45. The van der Waals surface area contributed by atoms with Gasteiger partial charge in [-0.15, -0.1) is 0 Å². The molecular formula is C17H16BrClFN3O4S. The number of hydrogen-bond donors (Lipinski definition) is 0. The van der Waals surface area contributed by atoms with Gasteiger partial charge in [0.25, 0.3) is 5.56 Å². The highest BCUT2D eigenvalue weighted by Crippen LogP contribution is 2.23. The van der Waals surface area contributed by atoms with E-state index in [1.54, 1.807) is 6.07 Å². The van der Waals surface area contributed by atoms with Crippen molar-refractivity contribution in [2.45, 2.75) is 11.4 Å². The highest BCUT2D eigenvalue weighted by atomic mass is 79.9. The van der Waals surface area contributed by atoms with Crippen molar-refractivity contribution in [2.75, 3.05) is 26.2 Å². The molecule has 1 amide bonds. The number of amides is 1. The zero-order valence-corrected chi connectivity index (χ0v) is 17.7. The summed E-state index contributed by atoms with van der Waals surface area (Å²) in [6.45, 7) is 0.441. The number of hydrogen-bond acceptors (Lipinski definition) is 4. The van der Waals surface area contributed by atoms with E-state index in [9.17, 15) is 22.4 Å². The molecule has 1 aliphatic heterocycles. The number of benzene rings is 1. The van der Waals surface area contributed by atoms with Crippen LogP contribution in [0.3, 0.4) is 0 Å². The molecule has 1 fully saturated rings. The van der Waals surface area contributed by atoms with Crippen LogP contribution < -0.4 is 5.56 Å². The fourth-order valence-electron chi connectivity index (χ4n) is 2.84. The molecule has 1 aromatic heterocycles. The van der Waals surface area contributed by atoms with Crippen LogP contribution in [-0.4, -0.2) is 54.3 Å². The van der Waals surface area contributed by atoms with Crippen molar-refractivity contribution < 1.29 is 17.6 Å². The highest BCUT2D eigenvalue weighted by Gasteiger charge is 2.30. The smallest absolute Gasteiger partial charge is 0.251 e. The minimum absolute atomic E-state index is 0.0937. The van der Waals surface area contributed by atoms with Crippen molar-refractivity contribution in [3.8, 4) is 0 Å². The van der Waals surface area contributed by atoms with E-state index in [1.165, 1.54) is 26.0 Å². The monoisotopic (exact) mass is 491 g/mol. The Hall–Kier alpha value is -1.75. The zero-order valence-electron chi connectivity index (χ0n) is 14.5. The first kappa shape index (κ1) is 21.0. The third-order valence-corrected chi connectivity index (χ3v) is 7.03. The van der Waals surface area contributed by atoms with E-state index in [4.69, 9.17) is 11.6 Å². The van der Waals surface area contributed by atoms with Gasteiger partial charge in [-0.2, -0.15) is 4.31 Å². The lowest BCUT2D eigenvalue weighted by molar-refractivity contribution is -0.133. The molecule has 150 valence electrons. The standard InChI is InChI=1S/C17H16BrClFN3O4S/c18-12-1-4-16(24)22(10-12)11-17(25)21-5-7-23(8-6-21)28(26,27)13-2-3-15(20)14(19)9-13/h1-4,9-10H,5-8,11H2. The summed E-state index contributed by atoms with van der Waals surface area (Å²) < 4.78 is 41.9. The lowest BCUT2D eigenvalue weighted by Crippen LogP contribution is -2.51. The van der Waals surface area contributed by atoms with E-state index in [0.717, 1.165) is 18.2 Å².